The van der Waals surface area contributed by atoms with E-state index in [0.717, 1.165) is 24.3 Å². The zero-order valence-corrected chi connectivity index (χ0v) is 8.64. The fourth-order valence-corrected chi connectivity index (χ4v) is 1.39. The van der Waals surface area contributed by atoms with E-state index < -0.39 is 0 Å². The molecule has 0 aromatic carbocycles. The lowest BCUT2D eigenvalue weighted by molar-refractivity contribution is 0.973. The molecule has 5 heteroatoms. The number of hydrogen-bond donors (Lipinski definition) is 2. The Labute approximate surface area is 93.2 Å². The number of pyridine rings is 1. The summed E-state index contributed by atoms with van der Waals surface area (Å²) in [6.07, 6.45) is 5.88. The van der Waals surface area contributed by atoms with Gasteiger partial charge in [0.05, 0.1) is 12.0 Å². The Hall–Kier alpha value is -2.35. The smallest absolute Gasteiger partial charge is 0.163 e. The highest BCUT2D eigenvalue weighted by Crippen LogP contribution is 2.10. The summed E-state index contributed by atoms with van der Waals surface area (Å²) in [7, 11) is 0. The Morgan fingerprint density at radius 3 is 3.19 bits per heavy atom. The second-order valence-corrected chi connectivity index (χ2v) is 3.26. The van der Waals surface area contributed by atoms with Gasteiger partial charge in [-0.2, -0.15) is 5.26 Å². The van der Waals surface area contributed by atoms with E-state index >= 15 is 0 Å². The Kier molecular flexibility index (Phi) is 3.14. The summed E-state index contributed by atoms with van der Waals surface area (Å²) in [6, 6.07) is 5.70. The molecule has 0 amide bonds. The molecule has 0 saturated carbocycles. The predicted octanol–water partition coefficient (Wildman–Crippen LogP) is 1.33. The molecule has 0 unspecified atom stereocenters. The van der Waals surface area contributed by atoms with Crippen molar-refractivity contribution >= 4 is 5.69 Å². The van der Waals surface area contributed by atoms with Crippen molar-refractivity contribution < 1.29 is 0 Å². The van der Waals surface area contributed by atoms with Gasteiger partial charge in [0, 0.05) is 31.1 Å². The molecule has 16 heavy (non-hydrogen) atoms. The minimum Gasteiger partial charge on any atom is -0.382 e. The molecule has 2 rings (SSSR count). The second-order valence-electron chi connectivity index (χ2n) is 3.26. The van der Waals surface area contributed by atoms with Gasteiger partial charge in [-0.3, -0.25) is 0 Å². The Balaban J connectivity index is 1.93. The lowest BCUT2D eigenvalue weighted by atomic mass is 10.3. The van der Waals surface area contributed by atoms with Gasteiger partial charge in [-0.1, -0.05) is 0 Å². The summed E-state index contributed by atoms with van der Waals surface area (Å²) in [5.74, 6) is 0. The molecular weight excluding hydrogens is 202 g/mol. The van der Waals surface area contributed by atoms with Crippen LogP contribution >= 0.6 is 0 Å². The fourth-order valence-electron chi connectivity index (χ4n) is 1.39. The summed E-state index contributed by atoms with van der Waals surface area (Å²) >= 11 is 0. The third kappa shape index (κ3) is 2.36. The highest BCUT2D eigenvalue weighted by Gasteiger charge is 2.01. The van der Waals surface area contributed by atoms with Gasteiger partial charge in [-0.05, 0) is 12.1 Å². The number of imidazole rings is 1. The minimum absolute atomic E-state index is 0.423. The zero-order valence-electron chi connectivity index (χ0n) is 8.64. The molecule has 5 nitrogen and oxygen atoms in total. The average molecular weight is 213 g/mol. The van der Waals surface area contributed by atoms with E-state index in [-0.39, 0.29) is 0 Å². The summed E-state index contributed by atoms with van der Waals surface area (Å²) in [6.45, 7) is 0.739. The van der Waals surface area contributed by atoms with Gasteiger partial charge in [0.15, 0.2) is 5.69 Å². The van der Waals surface area contributed by atoms with Gasteiger partial charge in [0.25, 0.3) is 0 Å². The van der Waals surface area contributed by atoms with Crippen molar-refractivity contribution in [2.24, 2.45) is 0 Å². The molecule has 0 atom stereocenters. The largest absolute Gasteiger partial charge is 0.382 e. The third-order valence-corrected chi connectivity index (χ3v) is 2.18. The van der Waals surface area contributed by atoms with E-state index in [4.69, 9.17) is 5.26 Å². The molecule has 2 aromatic rings. The average Bonchev–Trinajstić information content (AvgIpc) is 2.83. The van der Waals surface area contributed by atoms with E-state index in [0.29, 0.717) is 5.69 Å². The van der Waals surface area contributed by atoms with Crippen molar-refractivity contribution in [2.75, 3.05) is 11.9 Å². The molecule has 0 aliphatic carbocycles. The van der Waals surface area contributed by atoms with Crippen LogP contribution in [0.3, 0.4) is 0 Å². The highest BCUT2D eigenvalue weighted by atomic mass is 14.9. The van der Waals surface area contributed by atoms with Crippen LogP contribution in [-0.2, 0) is 6.42 Å². The molecule has 2 aromatic heterocycles. The maximum absolute atomic E-state index is 8.83. The quantitative estimate of drug-likeness (QED) is 0.803. The van der Waals surface area contributed by atoms with Crippen molar-refractivity contribution in [3.05, 3.63) is 42.2 Å². The fraction of sp³-hybridized carbons (Fsp3) is 0.182. The van der Waals surface area contributed by atoms with Crippen molar-refractivity contribution in [1.82, 2.24) is 15.0 Å². The number of nitrogens with zero attached hydrogens (tertiary/aromatic N) is 3. The lowest BCUT2D eigenvalue weighted by Crippen LogP contribution is -2.06. The van der Waals surface area contributed by atoms with E-state index in [2.05, 4.69) is 20.3 Å². The van der Waals surface area contributed by atoms with Crippen LogP contribution in [0.25, 0.3) is 0 Å². The van der Waals surface area contributed by atoms with Crippen molar-refractivity contribution in [1.29, 1.82) is 5.26 Å². The topological polar surface area (TPSA) is 77.4 Å². The van der Waals surface area contributed by atoms with E-state index in [1.807, 2.05) is 12.1 Å². The number of anilines is 1. The number of hydrogen-bond acceptors (Lipinski definition) is 4. The van der Waals surface area contributed by atoms with Crippen LogP contribution in [0, 0.1) is 11.3 Å². The van der Waals surface area contributed by atoms with Crippen LogP contribution in [-0.4, -0.2) is 21.5 Å². The monoisotopic (exact) mass is 213 g/mol. The minimum atomic E-state index is 0.423. The first kappa shape index (κ1) is 10.2. The maximum atomic E-state index is 8.83. The standard InChI is InChI=1S/C11H11N5/c12-6-11-10(2-1-4-14-11)15-5-3-9-7-13-8-16-9/h1-2,4,7-8,15H,3,5H2,(H,13,16). The van der Waals surface area contributed by atoms with Crippen LogP contribution in [0.1, 0.15) is 11.4 Å². The summed E-state index contributed by atoms with van der Waals surface area (Å²) in [4.78, 5) is 10.9. The van der Waals surface area contributed by atoms with E-state index in [1.165, 1.54) is 0 Å². The second kappa shape index (κ2) is 4.94. The first-order valence-electron chi connectivity index (χ1n) is 4.96. The molecule has 0 aliphatic heterocycles. The van der Waals surface area contributed by atoms with Crippen LogP contribution < -0.4 is 5.32 Å². The van der Waals surface area contributed by atoms with Gasteiger partial charge in [-0.25, -0.2) is 9.97 Å². The number of H-pyrrole nitrogens is 1. The van der Waals surface area contributed by atoms with Crippen LogP contribution in [0.4, 0.5) is 5.69 Å². The van der Waals surface area contributed by atoms with Crippen molar-refractivity contribution in [2.45, 2.75) is 6.42 Å². The first-order chi connectivity index (χ1) is 7.90. The van der Waals surface area contributed by atoms with Crippen molar-refractivity contribution in [3.63, 3.8) is 0 Å². The molecule has 0 radical (unpaired) electrons. The normalized spacial score (nSPS) is 9.69. The molecule has 0 bridgehead atoms. The SMILES string of the molecule is N#Cc1ncccc1NCCc1cnc[nH]1. The zero-order chi connectivity index (χ0) is 11.2. The lowest BCUT2D eigenvalue weighted by Gasteiger charge is -2.05. The van der Waals surface area contributed by atoms with Crippen LogP contribution in [0.15, 0.2) is 30.9 Å². The van der Waals surface area contributed by atoms with E-state index in [9.17, 15) is 0 Å². The first-order valence-corrected chi connectivity index (χ1v) is 4.96. The molecule has 2 heterocycles. The number of nitriles is 1. The molecule has 2 N–H and O–H groups in total. The Morgan fingerprint density at radius 2 is 2.44 bits per heavy atom. The molecule has 0 fully saturated rings. The molecule has 0 spiro atoms. The molecule has 0 saturated heterocycles. The third-order valence-electron chi connectivity index (χ3n) is 2.18. The Morgan fingerprint density at radius 1 is 1.50 bits per heavy atom. The number of aromatic nitrogens is 3. The predicted molar refractivity (Wildman–Crippen MR) is 59.7 cm³/mol. The number of nitrogens with one attached hydrogen (secondary N) is 2. The highest BCUT2D eigenvalue weighted by molar-refractivity contribution is 5.53. The number of rotatable bonds is 4. The van der Waals surface area contributed by atoms with Crippen LogP contribution in [0.5, 0.6) is 0 Å². The molecule has 0 aliphatic rings. The van der Waals surface area contributed by atoms with Gasteiger partial charge in [0.2, 0.25) is 0 Å². The summed E-state index contributed by atoms with van der Waals surface area (Å²) in [5.41, 5.74) is 2.26. The Bertz CT molecular complexity index is 483. The van der Waals surface area contributed by atoms with Gasteiger partial charge in [-0.15, -0.1) is 0 Å². The molecular formula is C11H11N5. The maximum Gasteiger partial charge on any atom is 0.163 e. The van der Waals surface area contributed by atoms with E-state index in [1.54, 1.807) is 24.8 Å². The summed E-state index contributed by atoms with van der Waals surface area (Å²) < 4.78 is 0. The van der Waals surface area contributed by atoms with Gasteiger partial charge in [0.1, 0.15) is 6.07 Å². The molecule has 80 valence electrons. The number of aromatic amines is 1. The van der Waals surface area contributed by atoms with Gasteiger partial charge < -0.3 is 10.3 Å². The summed E-state index contributed by atoms with van der Waals surface area (Å²) in [5, 5.41) is 12.0. The van der Waals surface area contributed by atoms with Crippen molar-refractivity contribution in [3.8, 4) is 6.07 Å². The van der Waals surface area contributed by atoms with Crippen LogP contribution in [0.2, 0.25) is 0 Å². The van der Waals surface area contributed by atoms with Gasteiger partial charge >= 0.3 is 0 Å².